The highest BCUT2D eigenvalue weighted by atomic mass is 16.5. The van der Waals surface area contributed by atoms with Crippen LogP contribution in [0.1, 0.15) is 36.3 Å². The van der Waals surface area contributed by atoms with Gasteiger partial charge in [0, 0.05) is 13.0 Å². The molecule has 2 rings (SSSR count). The summed E-state index contributed by atoms with van der Waals surface area (Å²) >= 11 is 0. The summed E-state index contributed by atoms with van der Waals surface area (Å²) in [6.45, 7) is 5.18. The number of hydrogen-bond acceptors (Lipinski definition) is 3. The molecular weight excluding hydrogens is 240 g/mol. The summed E-state index contributed by atoms with van der Waals surface area (Å²) in [5.74, 6) is 0.734. The summed E-state index contributed by atoms with van der Waals surface area (Å²) in [6.07, 6.45) is 4.04. The molecule has 0 bridgehead atoms. The van der Waals surface area contributed by atoms with Gasteiger partial charge in [0.2, 0.25) is 0 Å². The Bertz CT molecular complexity index is 561. The lowest BCUT2D eigenvalue weighted by Crippen LogP contribution is -2.06. The average Bonchev–Trinajstić information content (AvgIpc) is 2.92. The number of nitrogens with zero attached hydrogens (tertiary/aromatic N) is 2. The Labute approximate surface area is 113 Å². The minimum Gasteiger partial charge on any atom is -0.487 e. The number of para-hydroxylation sites is 1. The van der Waals surface area contributed by atoms with Gasteiger partial charge in [0.15, 0.2) is 5.78 Å². The predicted octanol–water partition coefficient (Wildman–Crippen LogP) is 3.07. The molecule has 4 nitrogen and oxygen atoms in total. The van der Waals surface area contributed by atoms with E-state index < -0.39 is 0 Å². The zero-order chi connectivity index (χ0) is 13.7. The molecule has 0 saturated carbocycles. The number of aromatic nitrogens is 2. The highest BCUT2D eigenvalue weighted by molar-refractivity contribution is 5.98. The molecule has 1 heterocycles. The van der Waals surface area contributed by atoms with Crippen LogP contribution in [0.25, 0.3) is 0 Å². The number of ketones is 1. The van der Waals surface area contributed by atoms with Crippen molar-refractivity contribution in [2.24, 2.45) is 0 Å². The number of hydrogen-bond donors (Lipinski definition) is 0. The molecule has 0 atom stereocenters. The zero-order valence-corrected chi connectivity index (χ0v) is 11.3. The number of rotatable bonds is 6. The van der Waals surface area contributed by atoms with E-state index in [4.69, 9.17) is 4.74 Å². The molecule has 19 heavy (non-hydrogen) atoms. The van der Waals surface area contributed by atoms with E-state index in [-0.39, 0.29) is 5.78 Å². The minimum absolute atomic E-state index is 0.0969. The van der Waals surface area contributed by atoms with E-state index in [0.29, 0.717) is 24.3 Å². The Hall–Kier alpha value is -2.10. The molecular formula is C15H18N2O2. The van der Waals surface area contributed by atoms with Crippen molar-refractivity contribution in [3.8, 4) is 5.75 Å². The second-order valence-corrected chi connectivity index (χ2v) is 4.23. The van der Waals surface area contributed by atoms with Crippen molar-refractivity contribution in [1.82, 2.24) is 9.55 Å². The third kappa shape index (κ3) is 3.02. The summed E-state index contributed by atoms with van der Waals surface area (Å²) in [4.78, 5) is 15.9. The summed E-state index contributed by atoms with van der Waals surface area (Å²) in [7, 11) is 0. The van der Waals surface area contributed by atoms with E-state index in [1.165, 1.54) is 0 Å². The largest absolute Gasteiger partial charge is 0.487 e. The quantitative estimate of drug-likeness (QED) is 0.748. The van der Waals surface area contributed by atoms with Gasteiger partial charge in [-0.25, -0.2) is 4.98 Å². The number of carbonyl (C=O) groups excluding carboxylic acids is 1. The molecule has 0 N–H and O–H groups in total. The Kier molecular flexibility index (Phi) is 4.34. The summed E-state index contributed by atoms with van der Waals surface area (Å²) < 4.78 is 7.78. The Morgan fingerprint density at radius 2 is 2.11 bits per heavy atom. The summed E-state index contributed by atoms with van der Waals surface area (Å²) in [5, 5.41) is 0. The molecule has 1 aromatic carbocycles. The van der Waals surface area contributed by atoms with E-state index >= 15 is 0 Å². The SMILES string of the molecule is CCC(=O)c1ccccc1OCc1cncn1CC. The van der Waals surface area contributed by atoms with Crippen molar-refractivity contribution < 1.29 is 9.53 Å². The summed E-state index contributed by atoms with van der Waals surface area (Å²) in [5.41, 5.74) is 1.65. The highest BCUT2D eigenvalue weighted by Crippen LogP contribution is 2.20. The van der Waals surface area contributed by atoms with Crippen LogP contribution >= 0.6 is 0 Å². The van der Waals surface area contributed by atoms with Crippen molar-refractivity contribution in [1.29, 1.82) is 0 Å². The van der Waals surface area contributed by atoms with Gasteiger partial charge in [0.25, 0.3) is 0 Å². The van der Waals surface area contributed by atoms with Crippen LogP contribution in [0.2, 0.25) is 0 Å². The minimum atomic E-state index is 0.0969. The van der Waals surface area contributed by atoms with Gasteiger partial charge in [-0.1, -0.05) is 19.1 Å². The normalized spacial score (nSPS) is 10.4. The van der Waals surface area contributed by atoms with Crippen LogP contribution in [-0.2, 0) is 13.2 Å². The van der Waals surface area contributed by atoms with Gasteiger partial charge in [0.1, 0.15) is 12.4 Å². The van der Waals surface area contributed by atoms with Crippen molar-refractivity contribution in [3.05, 3.63) is 48.0 Å². The van der Waals surface area contributed by atoms with Gasteiger partial charge < -0.3 is 9.30 Å². The van der Waals surface area contributed by atoms with E-state index in [9.17, 15) is 4.79 Å². The standard InChI is InChI=1S/C15H18N2O2/c1-3-14(18)13-7-5-6-8-15(13)19-10-12-9-16-11-17(12)4-2/h5-9,11H,3-4,10H2,1-2H3. The first kappa shape index (κ1) is 13.3. The maximum atomic E-state index is 11.8. The lowest BCUT2D eigenvalue weighted by Gasteiger charge is -2.11. The maximum absolute atomic E-state index is 11.8. The highest BCUT2D eigenvalue weighted by Gasteiger charge is 2.10. The lowest BCUT2D eigenvalue weighted by molar-refractivity contribution is 0.0983. The van der Waals surface area contributed by atoms with Gasteiger partial charge in [-0.2, -0.15) is 0 Å². The summed E-state index contributed by atoms with van der Waals surface area (Å²) in [6, 6.07) is 7.36. The second kappa shape index (κ2) is 6.18. The fourth-order valence-corrected chi connectivity index (χ4v) is 1.92. The first-order valence-electron chi connectivity index (χ1n) is 6.50. The zero-order valence-electron chi connectivity index (χ0n) is 11.3. The number of carbonyl (C=O) groups is 1. The van der Waals surface area contributed by atoms with Gasteiger partial charge in [-0.05, 0) is 19.1 Å². The van der Waals surface area contributed by atoms with Gasteiger partial charge in [0.05, 0.1) is 23.8 Å². The van der Waals surface area contributed by atoms with Crippen LogP contribution in [-0.4, -0.2) is 15.3 Å². The Balaban J connectivity index is 2.14. The van der Waals surface area contributed by atoms with E-state index in [1.54, 1.807) is 18.6 Å². The number of aryl methyl sites for hydroxylation is 1. The van der Waals surface area contributed by atoms with Crippen LogP contribution in [0.3, 0.4) is 0 Å². The molecule has 2 aromatic rings. The monoisotopic (exact) mass is 258 g/mol. The second-order valence-electron chi connectivity index (χ2n) is 4.23. The number of Topliss-reactive ketones (excluding diaryl/α,β-unsaturated/α-hetero) is 1. The number of imidazole rings is 1. The van der Waals surface area contributed by atoms with Crippen LogP contribution in [0, 0.1) is 0 Å². The average molecular weight is 258 g/mol. The van der Waals surface area contributed by atoms with E-state index in [2.05, 4.69) is 11.9 Å². The van der Waals surface area contributed by atoms with Crippen LogP contribution in [0.5, 0.6) is 5.75 Å². The van der Waals surface area contributed by atoms with Crippen LogP contribution in [0.15, 0.2) is 36.8 Å². The molecule has 0 spiro atoms. The third-order valence-corrected chi connectivity index (χ3v) is 3.02. The third-order valence-electron chi connectivity index (χ3n) is 3.02. The van der Waals surface area contributed by atoms with Crippen LogP contribution in [0.4, 0.5) is 0 Å². The Morgan fingerprint density at radius 3 is 2.84 bits per heavy atom. The van der Waals surface area contributed by atoms with Crippen molar-refractivity contribution in [2.45, 2.75) is 33.4 Å². The molecule has 100 valence electrons. The first-order valence-corrected chi connectivity index (χ1v) is 6.50. The predicted molar refractivity (Wildman–Crippen MR) is 73.3 cm³/mol. The van der Waals surface area contributed by atoms with E-state index in [0.717, 1.165) is 12.2 Å². The van der Waals surface area contributed by atoms with Crippen molar-refractivity contribution in [2.75, 3.05) is 0 Å². The topological polar surface area (TPSA) is 44.1 Å². The van der Waals surface area contributed by atoms with E-state index in [1.807, 2.05) is 29.7 Å². The van der Waals surface area contributed by atoms with Crippen LogP contribution < -0.4 is 4.74 Å². The van der Waals surface area contributed by atoms with Gasteiger partial charge in [-0.15, -0.1) is 0 Å². The molecule has 0 amide bonds. The van der Waals surface area contributed by atoms with Gasteiger partial charge in [-0.3, -0.25) is 4.79 Å². The molecule has 0 aliphatic carbocycles. The van der Waals surface area contributed by atoms with Crippen molar-refractivity contribution >= 4 is 5.78 Å². The molecule has 0 aliphatic rings. The molecule has 0 unspecified atom stereocenters. The fraction of sp³-hybridized carbons (Fsp3) is 0.333. The molecule has 1 aromatic heterocycles. The maximum Gasteiger partial charge on any atom is 0.166 e. The number of ether oxygens (including phenoxy) is 1. The molecule has 0 aliphatic heterocycles. The molecule has 0 saturated heterocycles. The smallest absolute Gasteiger partial charge is 0.166 e. The molecule has 0 radical (unpaired) electrons. The number of benzene rings is 1. The fourth-order valence-electron chi connectivity index (χ4n) is 1.92. The first-order chi connectivity index (χ1) is 9.26. The Morgan fingerprint density at radius 1 is 1.32 bits per heavy atom. The van der Waals surface area contributed by atoms with Crippen molar-refractivity contribution in [3.63, 3.8) is 0 Å². The van der Waals surface area contributed by atoms with Gasteiger partial charge >= 0.3 is 0 Å². The molecule has 4 heteroatoms. The lowest BCUT2D eigenvalue weighted by atomic mass is 10.1. The molecule has 0 fully saturated rings.